The molecule has 1 N–H and O–H groups in total. The summed E-state index contributed by atoms with van der Waals surface area (Å²) in [7, 11) is 1.56. The fourth-order valence-electron chi connectivity index (χ4n) is 4.92. The summed E-state index contributed by atoms with van der Waals surface area (Å²) in [6.07, 6.45) is 4.93. The highest BCUT2D eigenvalue weighted by Gasteiger charge is 2.46. The molecular weight excluding hydrogens is 430 g/mol. The summed E-state index contributed by atoms with van der Waals surface area (Å²) in [6.45, 7) is 4.73. The van der Waals surface area contributed by atoms with Crippen LogP contribution in [0.15, 0.2) is 48.0 Å². The van der Waals surface area contributed by atoms with E-state index in [1.807, 2.05) is 50.2 Å². The van der Waals surface area contributed by atoms with E-state index < -0.39 is 17.7 Å². The van der Waals surface area contributed by atoms with E-state index >= 15 is 0 Å². The smallest absolute Gasteiger partial charge is 0.295 e. The first-order valence-electron chi connectivity index (χ1n) is 12.1. The molecule has 0 spiro atoms. The van der Waals surface area contributed by atoms with E-state index in [1.54, 1.807) is 13.2 Å². The summed E-state index contributed by atoms with van der Waals surface area (Å²) >= 11 is 0. The molecule has 6 nitrogen and oxygen atoms in total. The van der Waals surface area contributed by atoms with Crippen LogP contribution in [0, 0.1) is 0 Å². The van der Waals surface area contributed by atoms with Crippen molar-refractivity contribution in [2.45, 2.75) is 58.1 Å². The van der Waals surface area contributed by atoms with Gasteiger partial charge in [0.15, 0.2) is 0 Å². The third kappa shape index (κ3) is 4.73. The van der Waals surface area contributed by atoms with Crippen LogP contribution in [0.2, 0.25) is 0 Å². The molecule has 2 aromatic rings. The van der Waals surface area contributed by atoms with Gasteiger partial charge in [0.1, 0.15) is 11.5 Å². The van der Waals surface area contributed by atoms with Crippen LogP contribution in [0.3, 0.4) is 0 Å². The predicted octanol–water partition coefficient (Wildman–Crippen LogP) is 4.81. The SMILES string of the molecule is COc1ccccc1C1/C(=C(\O)c2ccc3c(c2)CCCC3)C(=O)C(=O)N1CCCOC(C)C. The van der Waals surface area contributed by atoms with Crippen molar-refractivity contribution in [3.05, 3.63) is 70.3 Å². The highest BCUT2D eigenvalue weighted by Crippen LogP contribution is 2.43. The highest BCUT2D eigenvalue weighted by atomic mass is 16.5. The molecule has 0 saturated carbocycles. The summed E-state index contributed by atoms with van der Waals surface area (Å²) < 4.78 is 11.2. The van der Waals surface area contributed by atoms with Gasteiger partial charge in [-0.2, -0.15) is 0 Å². The van der Waals surface area contributed by atoms with Crippen molar-refractivity contribution in [1.29, 1.82) is 0 Å². The first kappa shape index (κ1) is 24.0. The van der Waals surface area contributed by atoms with Gasteiger partial charge in [0, 0.05) is 24.3 Å². The number of ketones is 1. The van der Waals surface area contributed by atoms with E-state index in [0.29, 0.717) is 36.4 Å². The summed E-state index contributed by atoms with van der Waals surface area (Å²) in [5, 5.41) is 11.4. The fraction of sp³-hybridized carbons (Fsp3) is 0.429. The molecule has 1 heterocycles. The number of carbonyl (C=O) groups is 2. The molecule has 1 saturated heterocycles. The maximum absolute atomic E-state index is 13.3. The number of aryl methyl sites for hydroxylation is 2. The van der Waals surface area contributed by atoms with E-state index in [9.17, 15) is 14.7 Å². The Morgan fingerprint density at radius 2 is 1.82 bits per heavy atom. The number of likely N-dealkylation sites (tertiary alicyclic amines) is 1. The zero-order chi connectivity index (χ0) is 24.2. The lowest BCUT2D eigenvalue weighted by atomic mass is 9.88. The number of hydrogen-bond donors (Lipinski definition) is 1. The second-order valence-electron chi connectivity index (χ2n) is 9.20. The van der Waals surface area contributed by atoms with Crippen LogP contribution in [-0.2, 0) is 27.2 Å². The van der Waals surface area contributed by atoms with Gasteiger partial charge in [0.05, 0.1) is 24.8 Å². The number of amides is 1. The Morgan fingerprint density at radius 3 is 2.56 bits per heavy atom. The van der Waals surface area contributed by atoms with Gasteiger partial charge >= 0.3 is 0 Å². The van der Waals surface area contributed by atoms with Gasteiger partial charge in [0.25, 0.3) is 11.7 Å². The van der Waals surface area contributed by atoms with Crippen molar-refractivity contribution < 1.29 is 24.2 Å². The molecule has 0 bridgehead atoms. The number of para-hydroxylation sites is 1. The molecule has 1 amide bonds. The summed E-state index contributed by atoms with van der Waals surface area (Å²) in [4.78, 5) is 27.9. The number of nitrogens with zero attached hydrogens (tertiary/aromatic N) is 1. The fourth-order valence-corrected chi connectivity index (χ4v) is 4.92. The van der Waals surface area contributed by atoms with Gasteiger partial charge in [-0.3, -0.25) is 9.59 Å². The summed E-state index contributed by atoms with van der Waals surface area (Å²) in [5.41, 5.74) is 3.84. The van der Waals surface area contributed by atoms with Crippen molar-refractivity contribution in [2.24, 2.45) is 0 Å². The molecule has 1 aliphatic heterocycles. The Balaban J connectivity index is 1.77. The average Bonchev–Trinajstić information content (AvgIpc) is 3.10. The number of aliphatic hydroxyl groups is 1. The Bertz CT molecular complexity index is 1100. The molecule has 1 aliphatic carbocycles. The number of rotatable bonds is 8. The largest absolute Gasteiger partial charge is 0.507 e. The molecule has 6 heteroatoms. The Hall–Kier alpha value is -3.12. The number of Topliss-reactive ketones (excluding diaryl/α,β-unsaturated/α-hetero) is 1. The van der Waals surface area contributed by atoms with Crippen molar-refractivity contribution >= 4 is 17.4 Å². The van der Waals surface area contributed by atoms with Crippen LogP contribution in [0.25, 0.3) is 5.76 Å². The molecule has 180 valence electrons. The minimum atomic E-state index is -0.730. The van der Waals surface area contributed by atoms with E-state index in [4.69, 9.17) is 9.47 Å². The van der Waals surface area contributed by atoms with Crippen molar-refractivity contribution in [3.8, 4) is 5.75 Å². The van der Waals surface area contributed by atoms with Crippen LogP contribution < -0.4 is 4.74 Å². The predicted molar refractivity (Wildman–Crippen MR) is 131 cm³/mol. The van der Waals surface area contributed by atoms with E-state index in [2.05, 4.69) is 0 Å². The van der Waals surface area contributed by atoms with Gasteiger partial charge in [-0.15, -0.1) is 0 Å². The second-order valence-corrected chi connectivity index (χ2v) is 9.20. The molecule has 0 aromatic heterocycles. The van der Waals surface area contributed by atoms with E-state index in [0.717, 1.165) is 25.7 Å². The van der Waals surface area contributed by atoms with Crippen molar-refractivity contribution in [1.82, 2.24) is 4.90 Å². The van der Waals surface area contributed by atoms with Crippen LogP contribution in [0.5, 0.6) is 5.75 Å². The number of benzene rings is 2. The lowest BCUT2D eigenvalue weighted by molar-refractivity contribution is -0.140. The Kier molecular flexibility index (Phi) is 7.37. The van der Waals surface area contributed by atoms with Crippen LogP contribution in [0.4, 0.5) is 0 Å². The number of fused-ring (bicyclic) bond motifs is 1. The minimum absolute atomic E-state index is 0.0874. The molecule has 0 radical (unpaired) electrons. The number of methoxy groups -OCH3 is 1. The lowest BCUT2D eigenvalue weighted by Gasteiger charge is -2.26. The van der Waals surface area contributed by atoms with Crippen LogP contribution in [-0.4, -0.2) is 48.1 Å². The molecule has 2 aromatic carbocycles. The monoisotopic (exact) mass is 463 g/mol. The maximum Gasteiger partial charge on any atom is 0.295 e. The minimum Gasteiger partial charge on any atom is -0.507 e. The molecule has 4 rings (SSSR count). The third-order valence-corrected chi connectivity index (χ3v) is 6.59. The highest BCUT2D eigenvalue weighted by molar-refractivity contribution is 6.46. The number of ether oxygens (including phenoxy) is 2. The van der Waals surface area contributed by atoms with Crippen LogP contribution >= 0.6 is 0 Å². The lowest BCUT2D eigenvalue weighted by Crippen LogP contribution is -2.31. The summed E-state index contributed by atoms with van der Waals surface area (Å²) in [5.74, 6) is -0.853. The quantitative estimate of drug-likeness (QED) is 0.263. The Morgan fingerprint density at radius 1 is 1.09 bits per heavy atom. The molecule has 1 unspecified atom stereocenters. The van der Waals surface area contributed by atoms with Gasteiger partial charge in [0.2, 0.25) is 0 Å². The number of hydrogen-bond acceptors (Lipinski definition) is 5. The van der Waals surface area contributed by atoms with Gasteiger partial charge in [-0.1, -0.05) is 30.3 Å². The maximum atomic E-state index is 13.3. The van der Waals surface area contributed by atoms with Gasteiger partial charge in [-0.05, 0) is 69.2 Å². The normalized spacial score (nSPS) is 19.5. The van der Waals surface area contributed by atoms with Crippen molar-refractivity contribution in [2.75, 3.05) is 20.3 Å². The molecule has 2 aliphatic rings. The van der Waals surface area contributed by atoms with Gasteiger partial charge < -0.3 is 19.5 Å². The van der Waals surface area contributed by atoms with E-state index in [1.165, 1.54) is 16.0 Å². The Labute approximate surface area is 201 Å². The molecule has 34 heavy (non-hydrogen) atoms. The number of carbonyl (C=O) groups excluding carboxylic acids is 2. The second kappa shape index (κ2) is 10.4. The van der Waals surface area contributed by atoms with Crippen LogP contribution in [0.1, 0.15) is 61.4 Å². The molecule has 1 atom stereocenters. The third-order valence-electron chi connectivity index (χ3n) is 6.59. The standard InChI is InChI=1S/C28H33NO5/c1-18(2)34-16-8-15-29-25(22-11-6-7-12-23(22)33-3)24(27(31)28(29)32)26(30)21-14-13-19-9-4-5-10-20(19)17-21/h6-7,11-14,17-18,25,30H,4-5,8-10,15-16H2,1-3H3/b26-24+. The van der Waals surface area contributed by atoms with Gasteiger partial charge in [-0.25, -0.2) is 0 Å². The molecular formula is C28H33NO5. The summed E-state index contributed by atoms with van der Waals surface area (Å²) in [6, 6.07) is 12.4. The zero-order valence-electron chi connectivity index (χ0n) is 20.2. The molecule has 1 fully saturated rings. The zero-order valence-corrected chi connectivity index (χ0v) is 20.2. The van der Waals surface area contributed by atoms with Crippen molar-refractivity contribution in [3.63, 3.8) is 0 Å². The first-order valence-corrected chi connectivity index (χ1v) is 12.1. The number of aliphatic hydroxyl groups excluding tert-OH is 1. The first-order chi connectivity index (χ1) is 16.4. The average molecular weight is 464 g/mol. The van der Waals surface area contributed by atoms with E-state index in [-0.39, 0.29) is 17.4 Å². The topological polar surface area (TPSA) is 76.1 Å².